The molecule has 10 nitrogen and oxygen atoms in total. The zero-order valence-electron chi connectivity index (χ0n) is 22.9. The summed E-state index contributed by atoms with van der Waals surface area (Å²) >= 11 is 0. The van der Waals surface area contributed by atoms with E-state index in [1.807, 2.05) is 60.7 Å². The second-order valence-electron chi connectivity index (χ2n) is 9.44. The molecule has 2 heterocycles. The van der Waals surface area contributed by atoms with Crippen molar-refractivity contribution in [1.29, 1.82) is 0 Å². The highest BCUT2D eigenvalue weighted by Gasteiger charge is 2.47. The molecule has 216 valence electrons. The highest BCUT2D eigenvalue weighted by atomic mass is 16.7. The van der Waals surface area contributed by atoms with Gasteiger partial charge in [0.15, 0.2) is 12.6 Å². The van der Waals surface area contributed by atoms with Crippen LogP contribution in [0, 0.1) is 0 Å². The Morgan fingerprint density at radius 1 is 0.725 bits per heavy atom. The van der Waals surface area contributed by atoms with Crippen LogP contribution < -0.4 is 0 Å². The van der Waals surface area contributed by atoms with E-state index in [-0.39, 0.29) is 13.2 Å². The van der Waals surface area contributed by atoms with Crippen LogP contribution in [0.3, 0.4) is 0 Å². The van der Waals surface area contributed by atoms with Gasteiger partial charge < -0.3 is 37.9 Å². The van der Waals surface area contributed by atoms with E-state index in [0.29, 0.717) is 13.2 Å². The van der Waals surface area contributed by atoms with Crippen molar-refractivity contribution >= 4 is 11.9 Å². The van der Waals surface area contributed by atoms with Crippen LogP contribution in [0.1, 0.15) is 25.0 Å². The van der Waals surface area contributed by atoms with Gasteiger partial charge in [-0.3, -0.25) is 9.59 Å². The molecular weight excluding hydrogens is 520 g/mol. The lowest BCUT2D eigenvalue weighted by molar-refractivity contribution is -0.213. The van der Waals surface area contributed by atoms with Crippen LogP contribution in [0.15, 0.2) is 72.8 Å². The quantitative estimate of drug-likeness (QED) is 0.269. The van der Waals surface area contributed by atoms with Crippen molar-refractivity contribution in [3.05, 3.63) is 83.9 Å². The standard InChI is InChI=1S/C30H36O10/c1-20(31)34-18-25-24(38-21(2)32)14-15-27(39-25)35-19-26-28(36-16-22-10-6-4-7-11-22)29(30(33-3)40-26)37-17-23-12-8-5-9-13-23/h4-15,24-30H,16-19H2,1-3H3/t24-,25+,26+,27-,28+,29-,30-/m0/s1. The van der Waals surface area contributed by atoms with Crippen LogP contribution in [-0.2, 0) is 60.7 Å². The number of benzene rings is 2. The van der Waals surface area contributed by atoms with Gasteiger partial charge in [0, 0.05) is 21.0 Å². The summed E-state index contributed by atoms with van der Waals surface area (Å²) < 4.78 is 46.7. The monoisotopic (exact) mass is 556 g/mol. The van der Waals surface area contributed by atoms with Gasteiger partial charge in [-0.25, -0.2) is 0 Å². The summed E-state index contributed by atoms with van der Waals surface area (Å²) in [5, 5.41) is 0. The van der Waals surface area contributed by atoms with E-state index in [1.54, 1.807) is 19.3 Å². The summed E-state index contributed by atoms with van der Waals surface area (Å²) in [6.45, 7) is 3.30. The Morgan fingerprint density at radius 3 is 1.93 bits per heavy atom. The summed E-state index contributed by atoms with van der Waals surface area (Å²) in [5.41, 5.74) is 2.02. The zero-order valence-corrected chi connectivity index (χ0v) is 22.9. The van der Waals surface area contributed by atoms with Gasteiger partial charge in [-0.05, 0) is 23.3 Å². The Kier molecular flexibility index (Phi) is 11.2. The molecule has 2 aliphatic heterocycles. The fourth-order valence-corrected chi connectivity index (χ4v) is 4.47. The van der Waals surface area contributed by atoms with Crippen molar-refractivity contribution in [2.75, 3.05) is 20.3 Å². The Balaban J connectivity index is 1.43. The number of rotatable bonds is 13. The summed E-state index contributed by atoms with van der Waals surface area (Å²) in [7, 11) is 1.56. The number of esters is 2. The average molecular weight is 557 g/mol. The van der Waals surface area contributed by atoms with E-state index < -0.39 is 55.0 Å². The lowest BCUT2D eigenvalue weighted by Gasteiger charge is -2.32. The molecule has 1 fully saturated rings. The predicted molar refractivity (Wildman–Crippen MR) is 142 cm³/mol. The molecule has 0 amide bonds. The highest BCUT2D eigenvalue weighted by Crippen LogP contribution is 2.30. The fourth-order valence-electron chi connectivity index (χ4n) is 4.47. The van der Waals surface area contributed by atoms with Crippen LogP contribution in [0.5, 0.6) is 0 Å². The fraction of sp³-hybridized carbons (Fsp3) is 0.467. The van der Waals surface area contributed by atoms with E-state index in [1.165, 1.54) is 13.8 Å². The predicted octanol–water partition coefficient (Wildman–Crippen LogP) is 3.32. The minimum Gasteiger partial charge on any atom is -0.463 e. The SMILES string of the molecule is CO[C@H]1O[C@H](CO[C@@H]2C=C[C@H](OC(C)=O)[C@@H](COC(C)=O)O2)[C@@H](OCc2ccccc2)[C@@H]1OCc1ccccc1. The molecule has 0 spiro atoms. The second-order valence-corrected chi connectivity index (χ2v) is 9.44. The van der Waals surface area contributed by atoms with Crippen LogP contribution in [0.2, 0.25) is 0 Å². The third-order valence-corrected chi connectivity index (χ3v) is 6.38. The molecule has 0 bridgehead atoms. The number of hydrogen-bond donors (Lipinski definition) is 0. The minimum atomic E-state index is -0.795. The zero-order chi connectivity index (χ0) is 28.3. The van der Waals surface area contributed by atoms with Gasteiger partial charge in [-0.1, -0.05) is 60.7 Å². The van der Waals surface area contributed by atoms with Crippen molar-refractivity contribution in [3.8, 4) is 0 Å². The van der Waals surface area contributed by atoms with Gasteiger partial charge in [0.25, 0.3) is 0 Å². The maximum Gasteiger partial charge on any atom is 0.303 e. The smallest absolute Gasteiger partial charge is 0.303 e. The molecule has 0 N–H and O–H groups in total. The Morgan fingerprint density at radius 2 is 1.35 bits per heavy atom. The van der Waals surface area contributed by atoms with Gasteiger partial charge in [0.2, 0.25) is 0 Å². The van der Waals surface area contributed by atoms with Gasteiger partial charge >= 0.3 is 11.9 Å². The Hall–Kier alpha value is -3.12. The first-order valence-corrected chi connectivity index (χ1v) is 13.2. The minimum absolute atomic E-state index is 0.0953. The summed E-state index contributed by atoms with van der Waals surface area (Å²) in [6, 6.07) is 19.7. The summed E-state index contributed by atoms with van der Waals surface area (Å²) in [5.74, 6) is -0.947. The van der Waals surface area contributed by atoms with Gasteiger partial charge in [-0.15, -0.1) is 0 Å². The van der Waals surface area contributed by atoms with Crippen molar-refractivity contribution in [1.82, 2.24) is 0 Å². The Labute approximate surface area is 234 Å². The molecule has 7 atom stereocenters. The third kappa shape index (κ3) is 8.69. The van der Waals surface area contributed by atoms with E-state index in [2.05, 4.69) is 0 Å². The molecule has 0 aliphatic carbocycles. The first-order chi connectivity index (χ1) is 19.4. The van der Waals surface area contributed by atoms with Crippen LogP contribution in [0.4, 0.5) is 0 Å². The number of methoxy groups -OCH3 is 1. The van der Waals surface area contributed by atoms with Crippen molar-refractivity contribution < 1.29 is 47.5 Å². The topological polar surface area (TPSA) is 108 Å². The van der Waals surface area contributed by atoms with Crippen LogP contribution in [-0.4, -0.2) is 75.4 Å². The maximum absolute atomic E-state index is 11.5. The number of carbonyl (C=O) groups is 2. The normalized spacial score (nSPS) is 27.8. The number of hydrogen-bond acceptors (Lipinski definition) is 10. The first kappa shape index (κ1) is 29.9. The Bertz CT molecular complexity index is 1090. The number of ether oxygens (including phenoxy) is 8. The summed E-state index contributed by atoms with van der Waals surface area (Å²) in [4.78, 5) is 22.8. The van der Waals surface area contributed by atoms with Crippen LogP contribution >= 0.6 is 0 Å². The van der Waals surface area contributed by atoms with Gasteiger partial charge in [0.1, 0.15) is 37.1 Å². The van der Waals surface area contributed by atoms with E-state index in [0.717, 1.165) is 11.1 Å². The van der Waals surface area contributed by atoms with Crippen molar-refractivity contribution in [2.24, 2.45) is 0 Å². The van der Waals surface area contributed by atoms with E-state index in [9.17, 15) is 9.59 Å². The molecule has 0 unspecified atom stereocenters. The number of carbonyl (C=O) groups excluding carboxylic acids is 2. The lowest BCUT2D eigenvalue weighted by atomic mass is 10.1. The molecule has 0 radical (unpaired) electrons. The summed E-state index contributed by atoms with van der Waals surface area (Å²) in [6.07, 6.45) is -1.17. The molecule has 2 aromatic carbocycles. The van der Waals surface area contributed by atoms with Crippen LogP contribution in [0.25, 0.3) is 0 Å². The molecule has 40 heavy (non-hydrogen) atoms. The maximum atomic E-state index is 11.5. The van der Waals surface area contributed by atoms with E-state index >= 15 is 0 Å². The third-order valence-electron chi connectivity index (χ3n) is 6.38. The average Bonchev–Trinajstić information content (AvgIpc) is 3.30. The van der Waals surface area contributed by atoms with E-state index in [4.69, 9.17) is 37.9 Å². The molecular formula is C30H36O10. The van der Waals surface area contributed by atoms with Crippen molar-refractivity contribution in [3.63, 3.8) is 0 Å². The molecule has 4 rings (SSSR count). The van der Waals surface area contributed by atoms with Crippen molar-refractivity contribution in [2.45, 2.75) is 70.2 Å². The van der Waals surface area contributed by atoms with Gasteiger partial charge in [-0.2, -0.15) is 0 Å². The van der Waals surface area contributed by atoms with Gasteiger partial charge in [0.05, 0.1) is 19.8 Å². The lowest BCUT2D eigenvalue weighted by Crippen LogP contribution is -2.43. The molecule has 1 saturated heterocycles. The molecule has 0 saturated carbocycles. The molecule has 2 aliphatic rings. The molecule has 10 heteroatoms. The first-order valence-electron chi connectivity index (χ1n) is 13.2. The molecule has 2 aromatic rings. The largest absolute Gasteiger partial charge is 0.463 e. The second kappa shape index (κ2) is 15.0. The molecule has 0 aromatic heterocycles. The highest BCUT2D eigenvalue weighted by molar-refractivity contribution is 5.66.